The number of aliphatic hydroxyl groups is 1. The van der Waals surface area contributed by atoms with E-state index in [0.717, 1.165) is 13.3 Å². The Kier molecular flexibility index (Phi) is 3.29. The zero-order valence-corrected chi connectivity index (χ0v) is 7.30. The molecule has 0 unspecified atom stereocenters. The maximum absolute atomic E-state index is 13.2. The summed E-state index contributed by atoms with van der Waals surface area (Å²) in [6, 6.07) is 0. The van der Waals surface area contributed by atoms with E-state index in [1.54, 1.807) is 0 Å². The van der Waals surface area contributed by atoms with Gasteiger partial charge in [0.1, 0.15) is 0 Å². The van der Waals surface area contributed by atoms with E-state index in [9.17, 15) is 13.2 Å². The summed E-state index contributed by atoms with van der Waals surface area (Å²) in [6.07, 6.45) is -2.08. The molecule has 0 fully saturated rings. The highest BCUT2D eigenvalue weighted by atomic mass is 19.3. The molecule has 6 heteroatoms. The van der Waals surface area contributed by atoms with Crippen molar-refractivity contribution in [2.75, 3.05) is 7.11 Å². The summed E-state index contributed by atoms with van der Waals surface area (Å²) in [5, 5.41) is 8.71. The van der Waals surface area contributed by atoms with Gasteiger partial charge in [-0.2, -0.15) is 0 Å². The maximum atomic E-state index is 13.2. The summed E-state index contributed by atoms with van der Waals surface area (Å²) >= 11 is 0. The minimum absolute atomic E-state index is 0.404. The van der Waals surface area contributed by atoms with Crippen molar-refractivity contribution in [1.82, 2.24) is 4.98 Å². The molecule has 1 aromatic rings. The fourth-order valence-corrected chi connectivity index (χ4v) is 1.01. The van der Waals surface area contributed by atoms with Gasteiger partial charge in [0, 0.05) is 17.3 Å². The number of aliphatic hydroxyl groups excluding tert-OH is 1. The lowest BCUT2D eigenvalue weighted by Gasteiger charge is -2.09. The SMILES string of the molecule is COc1ncc(C(F)F)c(CO)c1F. The molecule has 0 amide bonds. The molecule has 1 heterocycles. The van der Waals surface area contributed by atoms with E-state index in [2.05, 4.69) is 9.72 Å². The number of ether oxygens (including phenoxy) is 1. The van der Waals surface area contributed by atoms with Crippen LogP contribution in [0, 0.1) is 5.82 Å². The van der Waals surface area contributed by atoms with Crippen LogP contribution in [0.25, 0.3) is 0 Å². The second-order valence-electron chi connectivity index (χ2n) is 2.47. The van der Waals surface area contributed by atoms with Crippen LogP contribution in [0.1, 0.15) is 17.6 Å². The number of hydrogen-bond donors (Lipinski definition) is 1. The van der Waals surface area contributed by atoms with Crippen molar-refractivity contribution < 1.29 is 23.0 Å². The number of alkyl halides is 2. The topological polar surface area (TPSA) is 42.4 Å². The van der Waals surface area contributed by atoms with Crippen LogP contribution in [0.3, 0.4) is 0 Å². The van der Waals surface area contributed by atoms with Gasteiger partial charge in [0.05, 0.1) is 13.7 Å². The van der Waals surface area contributed by atoms with Crippen LogP contribution >= 0.6 is 0 Å². The number of hydrogen-bond acceptors (Lipinski definition) is 3. The standard InChI is InChI=1S/C8H8F3NO2/c1-14-8-6(9)5(3-13)4(2-12-8)7(10)11/h2,7,13H,3H2,1H3. The molecule has 0 radical (unpaired) electrons. The molecule has 1 aromatic heterocycles. The molecule has 1 N–H and O–H groups in total. The number of methoxy groups -OCH3 is 1. The minimum Gasteiger partial charge on any atom is -0.479 e. The van der Waals surface area contributed by atoms with Gasteiger partial charge < -0.3 is 9.84 Å². The summed E-state index contributed by atoms with van der Waals surface area (Å²) < 4.78 is 42.2. The lowest BCUT2D eigenvalue weighted by atomic mass is 10.1. The van der Waals surface area contributed by atoms with Crippen LogP contribution < -0.4 is 4.74 Å². The largest absolute Gasteiger partial charge is 0.479 e. The van der Waals surface area contributed by atoms with Crippen molar-refractivity contribution >= 4 is 0 Å². The van der Waals surface area contributed by atoms with Crippen LogP contribution in [0.15, 0.2) is 6.20 Å². The first-order valence-electron chi connectivity index (χ1n) is 3.72. The van der Waals surface area contributed by atoms with Crippen molar-refractivity contribution in [3.63, 3.8) is 0 Å². The third kappa shape index (κ3) is 1.79. The quantitative estimate of drug-likeness (QED) is 0.819. The van der Waals surface area contributed by atoms with E-state index < -0.39 is 35.9 Å². The molecular weight excluding hydrogens is 199 g/mol. The molecule has 14 heavy (non-hydrogen) atoms. The predicted octanol–water partition coefficient (Wildman–Crippen LogP) is 1.66. The Bertz CT molecular complexity index is 331. The summed E-state index contributed by atoms with van der Waals surface area (Å²) in [7, 11) is 1.16. The monoisotopic (exact) mass is 207 g/mol. The average Bonchev–Trinajstić information content (AvgIpc) is 2.17. The van der Waals surface area contributed by atoms with Crippen molar-refractivity contribution in [1.29, 1.82) is 0 Å². The number of nitrogens with zero attached hydrogens (tertiary/aromatic N) is 1. The van der Waals surface area contributed by atoms with E-state index in [4.69, 9.17) is 5.11 Å². The average molecular weight is 207 g/mol. The summed E-state index contributed by atoms with van der Waals surface area (Å²) in [5.74, 6) is -1.45. The molecule has 0 aromatic carbocycles. The van der Waals surface area contributed by atoms with Crippen LogP contribution in [0.2, 0.25) is 0 Å². The molecule has 0 aliphatic rings. The summed E-state index contributed by atoms with van der Waals surface area (Å²) in [4.78, 5) is 3.34. The van der Waals surface area contributed by atoms with Crippen LogP contribution in [-0.4, -0.2) is 17.2 Å². The summed E-state index contributed by atoms with van der Waals surface area (Å²) in [5.41, 5.74) is -1.10. The van der Waals surface area contributed by atoms with E-state index in [0.29, 0.717) is 0 Å². The van der Waals surface area contributed by atoms with Crippen LogP contribution in [0.5, 0.6) is 5.88 Å². The molecule has 0 aliphatic heterocycles. The Hall–Kier alpha value is -1.30. The highest BCUT2D eigenvalue weighted by molar-refractivity contribution is 5.31. The lowest BCUT2D eigenvalue weighted by Crippen LogP contribution is -2.03. The number of pyridine rings is 1. The Morgan fingerprint density at radius 2 is 2.21 bits per heavy atom. The van der Waals surface area contributed by atoms with Gasteiger partial charge in [0.15, 0.2) is 5.82 Å². The van der Waals surface area contributed by atoms with E-state index in [1.807, 2.05) is 0 Å². The van der Waals surface area contributed by atoms with Gasteiger partial charge in [-0.3, -0.25) is 0 Å². The summed E-state index contributed by atoms with van der Waals surface area (Å²) in [6.45, 7) is -0.815. The van der Waals surface area contributed by atoms with E-state index >= 15 is 0 Å². The Morgan fingerprint density at radius 1 is 1.57 bits per heavy atom. The zero-order valence-electron chi connectivity index (χ0n) is 7.30. The highest BCUT2D eigenvalue weighted by Crippen LogP contribution is 2.27. The number of rotatable bonds is 3. The van der Waals surface area contributed by atoms with E-state index in [-0.39, 0.29) is 0 Å². The van der Waals surface area contributed by atoms with Crippen molar-refractivity contribution in [2.45, 2.75) is 13.0 Å². The Labute approximate surface area is 78.2 Å². The van der Waals surface area contributed by atoms with Crippen molar-refractivity contribution in [3.8, 4) is 5.88 Å². The second-order valence-corrected chi connectivity index (χ2v) is 2.47. The first kappa shape index (κ1) is 10.8. The lowest BCUT2D eigenvalue weighted by molar-refractivity contribution is 0.145. The molecule has 0 aliphatic carbocycles. The molecule has 0 spiro atoms. The van der Waals surface area contributed by atoms with Gasteiger partial charge in [-0.05, 0) is 0 Å². The second kappa shape index (κ2) is 4.28. The molecular formula is C8H8F3NO2. The zero-order chi connectivity index (χ0) is 10.7. The molecule has 0 bridgehead atoms. The molecule has 78 valence electrons. The van der Waals surface area contributed by atoms with Gasteiger partial charge in [-0.15, -0.1) is 0 Å². The first-order valence-corrected chi connectivity index (χ1v) is 3.72. The third-order valence-corrected chi connectivity index (χ3v) is 1.71. The normalized spacial score (nSPS) is 10.7. The van der Waals surface area contributed by atoms with E-state index in [1.165, 1.54) is 0 Å². The van der Waals surface area contributed by atoms with Gasteiger partial charge >= 0.3 is 0 Å². The first-order chi connectivity index (χ1) is 6.61. The van der Waals surface area contributed by atoms with Crippen molar-refractivity contribution in [2.24, 2.45) is 0 Å². The predicted molar refractivity (Wildman–Crippen MR) is 41.6 cm³/mol. The molecule has 1 rings (SSSR count). The third-order valence-electron chi connectivity index (χ3n) is 1.71. The Morgan fingerprint density at radius 3 is 2.64 bits per heavy atom. The molecule has 0 saturated heterocycles. The minimum atomic E-state index is -2.87. The van der Waals surface area contributed by atoms with Gasteiger partial charge in [0.2, 0.25) is 5.88 Å². The highest BCUT2D eigenvalue weighted by Gasteiger charge is 2.20. The molecule has 0 atom stereocenters. The fraction of sp³-hybridized carbons (Fsp3) is 0.375. The smallest absolute Gasteiger partial charge is 0.265 e. The number of halogens is 3. The maximum Gasteiger partial charge on any atom is 0.265 e. The van der Waals surface area contributed by atoms with Gasteiger partial charge in [-0.1, -0.05) is 0 Å². The molecule has 3 nitrogen and oxygen atoms in total. The van der Waals surface area contributed by atoms with Crippen LogP contribution in [0.4, 0.5) is 13.2 Å². The fourth-order valence-electron chi connectivity index (χ4n) is 1.01. The van der Waals surface area contributed by atoms with Crippen LogP contribution in [-0.2, 0) is 6.61 Å². The number of aromatic nitrogens is 1. The van der Waals surface area contributed by atoms with Gasteiger partial charge in [-0.25, -0.2) is 18.2 Å². The molecule has 0 saturated carbocycles. The Balaban J connectivity index is 3.28. The van der Waals surface area contributed by atoms with Crippen molar-refractivity contribution in [3.05, 3.63) is 23.1 Å². The van der Waals surface area contributed by atoms with Gasteiger partial charge in [0.25, 0.3) is 6.43 Å².